The number of hydrogen-bond acceptors (Lipinski definition) is 2. The summed E-state index contributed by atoms with van der Waals surface area (Å²) >= 11 is 4.74. The van der Waals surface area contributed by atoms with Gasteiger partial charge in [-0.1, -0.05) is 26.6 Å². The van der Waals surface area contributed by atoms with Crippen molar-refractivity contribution >= 4 is 52.1 Å². The van der Waals surface area contributed by atoms with Gasteiger partial charge >= 0.3 is 49.4 Å². The summed E-state index contributed by atoms with van der Waals surface area (Å²) in [6, 6.07) is 4.85. The van der Waals surface area contributed by atoms with Crippen LogP contribution in [0.15, 0.2) is 12.1 Å². The van der Waals surface area contributed by atoms with Crippen LogP contribution >= 0.6 is 40.0 Å². The molecule has 0 spiro atoms. The average Bonchev–Trinajstić information content (AvgIpc) is 3.03. The van der Waals surface area contributed by atoms with Gasteiger partial charge in [-0.05, 0) is 84.3 Å². The topological polar surface area (TPSA) is 18.5 Å². The molecule has 1 aromatic carbocycles. The Kier molecular flexibility index (Phi) is 8.60. The first-order valence-electron chi connectivity index (χ1n) is 10.6. The normalized spacial score (nSPS) is 33.0. The van der Waals surface area contributed by atoms with Crippen LogP contribution in [0.5, 0.6) is 5.75 Å². The number of halogens is 2. The average molecular weight is 645 g/mol. The molecule has 2 fully saturated rings. The molecule has 0 radical (unpaired) electrons. The van der Waals surface area contributed by atoms with Gasteiger partial charge in [0.1, 0.15) is 5.75 Å². The van der Waals surface area contributed by atoms with E-state index >= 15 is 0 Å². The summed E-state index contributed by atoms with van der Waals surface area (Å²) in [7, 11) is 4.36. The minimum absolute atomic E-state index is 0.404. The molecule has 0 aliphatic heterocycles. The van der Waals surface area contributed by atoms with Crippen LogP contribution in [0.4, 0.5) is 0 Å². The summed E-state index contributed by atoms with van der Waals surface area (Å²) in [5.74, 6) is 3.53. The standard InChI is InChI=1S/C22H33BO2.2HI.V/c1-22-11-10-15-16(18(22)8-9-21(22)25-5)7-6-14-12-20(24-4)19(23(2)3)13-17(14)15;;;/h12-13,15-16,18,21H,6-11H2,1-5H3;2*1H;/q;;;+2/p-2/t15?,16?,18?,21?,22-;;;/m0.../s1. The number of rotatable bonds is 3. The molecule has 0 heterocycles. The Labute approximate surface area is 201 Å². The third kappa shape index (κ3) is 4.35. The molecule has 0 bridgehead atoms. The van der Waals surface area contributed by atoms with Crippen LogP contribution in [-0.4, -0.2) is 27.0 Å². The van der Waals surface area contributed by atoms with Gasteiger partial charge < -0.3 is 9.47 Å². The predicted octanol–water partition coefficient (Wildman–Crippen LogP) is 6.30. The number of ether oxygens (including phenoxy) is 2. The fourth-order valence-corrected chi connectivity index (χ4v) is 6.58. The molecule has 0 saturated heterocycles. The number of benzene rings is 1. The first-order valence-corrected chi connectivity index (χ1v) is 19.6. The quantitative estimate of drug-likeness (QED) is 0.284. The van der Waals surface area contributed by atoms with Crippen LogP contribution in [0, 0.1) is 17.3 Å². The molecule has 2 nitrogen and oxygen atoms in total. The molecule has 155 valence electrons. The van der Waals surface area contributed by atoms with Crippen LogP contribution < -0.4 is 10.2 Å². The number of aryl methyl sites for hydroxylation is 1. The third-order valence-corrected chi connectivity index (χ3v) is 7.89. The van der Waals surface area contributed by atoms with E-state index in [1.165, 1.54) is 44.0 Å². The Morgan fingerprint density at radius 3 is 2.43 bits per heavy atom. The zero-order valence-electron chi connectivity index (χ0n) is 17.8. The predicted molar refractivity (Wildman–Crippen MR) is 134 cm³/mol. The van der Waals surface area contributed by atoms with Crippen molar-refractivity contribution in [2.45, 2.75) is 71.1 Å². The van der Waals surface area contributed by atoms with Crippen molar-refractivity contribution in [1.29, 1.82) is 0 Å². The van der Waals surface area contributed by atoms with Crippen molar-refractivity contribution in [2.24, 2.45) is 17.3 Å². The number of hydrogen-bond donors (Lipinski definition) is 0. The van der Waals surface area contributed by atoms with Gasteiger partial charge in [-0.15, -0.1) is 0 Å². The molecular weight excluding hydrogens is 612 g/mol. The number of fused-ring (bicyclic) bond motifs is 5. The zero-order chi connectivity index (χ0) is 20.5. The first kappa shape index (κ1) is 23.7. The van der Waals surface area contributed by atoms with Crippen LogP contribution in [0.2, 0.25) is 13.6 Å². The van der Waals surface area contributed by atoms with E-state index in [4.69, 9.17) is 9.47 Å². The van der Waals surface area contributed by atoms with E-state index in [-0.39, 0.29) is 0 Å². The van der Waals surface area contributed by atoms with E-state index < -0.39 is 0 Å². The third-order valence-electron chi connectivity index (χ3n) is 7.89. The van der Waals surface area contributed by atoms with E-state index in [0.717, 1.165) is 23.5 Å². The van der Waals surface area contributed by atoms with Crippen molar-refractivity contribution in [3.63, 3.8) is 0 Å². The van der Waals surface area contributed by atoms with E-state index in [2.05, 4.69) is 72.7 Å². The Morgan fingerprint density at radius 1 is 1.11 bits per heavy atom. The van der Waals surface area contributed by atoms with Crippen molar-refractivity contribution in [1.82, 2.24) is 0 Å². The Morgan fingerprint density at radius 2 is 1.82 bits per heavy atom. The molecule has 4 unspecified atom stereocenters. The van der Waals surface area contributed by atoms with E-state index in [9.17, 15) is 0 Å². The first-order chi connectivity index (χ1) is 13.4. The molecule has 0 N–H and O–H groups in total. The van der Waals surface area contributed by atoms with Crippen LogP contribution in [0.1, 0.15) is 56.1 Å². The van der Waals surface area contributed by atoms with Crippen LogP contribution in [0.3, 0.4) is 0 Å². The fraction of sp³-hybridized carbons (Fsp3) is 0.727. The second-order valence-corrected chi connectivity index (χ2v) is 21.1. The van der Waals surface area contributed by atoms with Crippen LogP contribution in [0.25, 0.3) is 0 Å². The number of methoxy groups -OCH3 is 2. The summed E-state index contributed by atoms with van der Waals surface area (Å²) in [6.45, 7) is 7.59. The Bertz CT molecular complexity index is 687. The van der Waals surface area contributed by atoms with Gasteiger partial charge in [-0.2, -0.15) is 0 Å². The molecule has 0 aromatic heterocycles. The molecule has 6 heteroatoms. The molecule has 28 heavy (non-hydrogen) atoms. The maximum atomic E-state index is 5.90. The van der Waals surface area contributed by atoms with Crippen molar-refractivity contribution in [3.05, 3.63) is 23.3 Å². The van der Waals surface area contributed by atoms with Gasteiger partial charge in [0.05, 0.1) is 13.2 Å². The fourth-order valence-electron chi connectivity index (χ4n) is 6.58. The van der Waals surface area contributed by atoms with Gasteiger partial charge in [0, 0.05) is 7.11 Å². The molecule has 4 rings (SSSR count). The van der Waals surface area contributed by atoms with Gasteiger partial charge in [0.25, 0.3) is 0 Å². The molecule has 3 aliphatic rings. The van der Waals surface area contributed by atoms with Crippen molar-refractivity contribution in [2.75, 3.05) is 14.2 Å². The Balaban J connectivity index is 0.000000706. The van der Waals surface area contributed by atoms with Crippen molar-refractivity contribution in [3.8, 4) is 5.75 Å². The molecular formula is C22H33BI2O2V. The summed E-state index contributed by atoms with van der Waals surface area (Å²) in [6.07, 6.45) is 8.30. The van der Waals surface area contributed by atoms with E-state index in [1.54, 1.807) is 11.1 Å². The summed E-state index contributed by atoms with van der Waals surface area (Å²) in [5, 5.41) is 0. The second-order valence-electron chi connectivity index (χ2n) is 9.27. The molecule has 3 aliphatic carbocycles. The molecule has 1 aromatic rings. The van der Waals surface area contributed by atoms with Gasteiger partial charge in [0.2, 0.25) is 0 Å². The molecule has 0 amide bonds. The monoisotopic (exact) mass is 645 g/mol. The van der Waals surface area contributed by atoms with Crippen LogP contribution in [-0.2, 0) is 20.6 Å². The second kappa shape index (κ2) is 10.1. The zero-order valence-corrected chi connectivity index (χ0v) is 23.5. The Hall–Kier alpha value is 1.09. The van der Waals surface area contributed by atoms with Gasteiger partial charge in [-0.3, -0.25) is 0 Å². The SMILES string of the molecule is COc1cc2c(cc1B(C)C)C1CC[C@]3(C)C(OC)CCC3C1CC2.[I][V][I]. The van der Waals surface area contributed by atoms with E-state index in [1.807, 2.05) is 14.2 Å². The summed E-state index contributed by atoms with van der Waals surface area (Å²) < 4.78 is 11.6. The van der Waals surface area contributed by atoms with Crippen molar-refractivity contribution < 1.29 is 18.9 Å². The molecule has 2 saturated carbocycles. The maximum absolute atomic E-state index is 5.90. The van der Waals surface area contributed by atoms with Gasteiger partial charge in [0.15, 0.2) is 6.71 Å². The summed E-state index contributed by atoms with van der Waals surface area (Å²) in [5.41, 5.74) is 4.98. The minimum atomic E-state index is 0.404. The van der Waals surface area contributed by atoms with Gasteiger partial charge in [-0.25, -0.2) is 0 Å². The summed E-state index contributed by atoms with van der Waals surface area (Å²) in [4.78, 5) is 0. The molecule has 5 atom stereocenters. The van der Waals surface area contributed by atoms with E-state index in [0.29, 0.717) is 27.7 Å².